The number of anilines is 1. The Balaban J connectivity index is 2.05. The molecule has 0 aromatic heterocycles. The minimum atomic E-state index is -0.542. The monoisotopic (exact) mass is 272 g/mol. The Bertz CT molecular complexity index is 655. The lowest BCUT2D eigenvalue weighted by Gasteiger charge is -2.06. The fourth-order valence-corrected chi connectivity index (χ4v) is 1.69. The van der Waals surface area contributed by atoms with Gasteiger partial charge in [0.2, 0.25) is 0 Å². The summed E-state index contributed by atoms with van der Waals surface area (Å²) in [4.78, 5) is 22.0. The van der Waals surface area contributed by atoms with E-state index in [-0.39, 0.29) is 29.3 Å². The summed E-state index contributed by atoms with van der Waals surface area (Å²) in [7, 11) is 0. The van der Waals surface area contributed by atoms with E-state index in [0.717, 1.165) is 0 Å². The standard InChI is InChI=1S/C14H12N2O4/c17-13-6-2-4-11(8-13)15-9-14(18)10-3-1-5-12(7-10)16(19)20/h1-8,15,17H,9H2. The van der Waals surface area contributed by atoms with E-state index < -0.39 is 4.92 Å². The molecule has 2 aromatic rings. The minimum absolute atomic E-state index is 0.00930. The number of non-ortho nitro benzene ring substituents is 1. The maximum Gasteiger partial charge on any atom is 0.270 e. The van der Waals surface area contributed by atoms with E-state index in [0.29, 0.717) is 5.69 Å². The van der Waals surface area contributed by atoms with Gasteiger partial charge in [-0.25, -0.2) is 0 Å². The summed E-state index contributed by atoms with van der Waals surface area (Å²) in [5.41, 5.74) is 0.754. The Hall–Kier alpha value is -2.89. The average molecular weight is 272 g/mol. The number of hydrogen-bond acceptors (Lipinski definition) is 5. The van der Waals surface area contributed by atoms with Gasteiger partial charge in [-0.15, -0.1) is 0 Å². The van der Waals surface area contributed by atoms with Crippen molar-refractivity contribution < 1.29 is 14.8 Å². The van der Waals surface area contributed by atoms with Gasteiger partial charge in [0.15, 0.2) is 5.78 Å². The van der Waals surface area contributed by atoms with Crippen LogP contribution < -0.4 is 5.32 Å². The molecule has 0 heterocycles. The van der Waals surface area contributed by atoms with Crippen molar-refractivity contribution in [3.05, 3.63) is 64.2 Å². The van der Waals surface area contributed by atoms with E-state index in [1.807, 2.05) is 0 Å². The molecule has 0 radical (unpaired) electrons. The van der Waals surface area contributed by atoms with Crippen molar-refractivity contribution in [2.24, 2.45) is 0 Å². The van der Waals surface area contributed by atoms with E-state index in [9.17, 15) is 20.0 Å². The van der Waals surface area contributed by atoms with Crippen molar-refractivity contribution in [2.45, 2.75) is 0 Å². The molecule has 0 amide bonds. The van der Waals surface area contributed by atoms with Gasteiger partial charge in [-0.1, -0.05) is 18.2 Å². The number of aromatic hydroxyl groups is 1. The van der Waals surface area contributed by atoms with Gasteiger partial charge in [-0.3, -0.25) is 14.9 Å². The third kappa shape index (κ3) is 3.32. The molecule has 0 atom stereocenters. The molecule has 0 bridgehead atoms. The summed E-state index contributed by atoms with van der Waals surface area (Å²) in [6.45, 7) is -0.00930. The number of nitrogens with one attached hydrogen (secondary N) is 1. The highest BCUT2D eigenvalue weighted by Gasteiger charge is 2.11. The Kier molecular flexibility index (Phi) is 3.95. The molecule has 2 rings (SSSR count). The molecule has 2 aromatic carbocycles. The predicted octanol–water partition coefficient (Wildman–Crippen LogP) is 2.60. The average Bonchev–Trinajstić information content (AvgIpc) is 2.45. The molecular formula is C14H12N2O4. The molecule has 2 N–H and O–H groups in total. The van der Waals surface area contributed by atoms with E-state index in [1.165, 1.54) is 36.4 Å². The summed E-state index contributed by atoms with van der Waals surface area (Å²) in [5, 5.41) is 22.8. The van der Waals surface area contributed by atoms with E-state index in [4.69, 9.17) is 0 Å². The quantitative estimate of drug-likeness (QED) is 0.496. The zero-order chi connectivity index (χ0) is 14.5. The number of nitro benzene ring substituents is 1. The maximum absolute atomic E-state index is 11.9. The number of nitrogens with zero attached hydrogens (tertiary/aromatic N) is 1. The van der Waals surface area contributed by atoms with Crippen LogP contribution in [0.4, 0.5) is 11.4 Å². The van der Waals surface area contributed by atoms with Crippen molar-refractivity contribution in [1.29, 1.82) is 0 Å². The fourth-order valence-electron chi connectivity index (χ4n) is 1.69. The molecule has 0 saturated carbocycles. The first kappa shape index (κ1) is 13.5. The van der Waals surface area contributed by atoms with Crippen LogP contribution in [0.25, 0.3) is 0 Å². The summed E-state index contributed by atoms with van der Waals surface area (Å²) < 4.78 is 0. The van der Waals surface area contributed by atoms with Gasteiger partial charge < -0.3 is 10.4 Å². The number of rotatable bonds is 5. The van der Waals surface area contributed by atoms with E-state index in [1.54, 1.807) is 12.1 Å². The number of ketones is 1. The van der Waals surface area contributed by atoms with Crippen LogP contribution in [0.1, 0.15) is 10.4 Å². The molecule has 6 nitrogen and oxygen atoms in total. The molecule has 0 aliphatic rings. The molecule has 20 heavy (non-hydrogen) atoms. The van der Waals surface area contributed by atoms with Crippen molar-refractivity contribution in [3.63, 3.8) is 0 Å². The second-order valence-corrected chi connectivity index (χ2v) is 4.13. The number of hydrogen-bond donors (Lipinski definition) is 2. The van der Waals surface area contributed by atoms with Crippen LogP contribution in [-0.2, 0) is 0 Å². The van der Waals surface area contributed by atoms with Crippen molar-refractivity contribution in [3.8, 4) is 5.75 Å². The summed E-state index contributed by atoms with van der Waals surface area (Å²) in [6, 6.07) is 11.9. The summed E-state index contributed by atoms with van der Waals surface area (Å²) >= 11 is 0. The van der Waals surface area contributed by atoms with Gasteiger partial charge in [-0.05, 0) is 12.1 Å². The maximum atomic E-state index is 11.9. The van der Waals surface area contributed by atoms with Gasteiger partial charge in [0, 0.05) is 29.4 Å². The molecule has 6 heteroatoms. The highest BCUT2D eigenvalue weighted by atomic mass is 16.6. The predicted molar refractivity (Wildman–Crippen MR) is 74.0 cm³/mol. The fraction of sp³-hybridized carbons (Fsp3) is 0.0714. The van der Waals surface area contributed by atoms with Crippen LogP contribution in [-0.4, -0.2) is 22.4 Å². The van der Waals surface area contributed by atoms with Crippen LogP contribution in [0.15, 0.2) is 48.5 Å². The Morgan fingerprint density at radius 3 is 2.65 bits per heavy atom. The van der Waals surface area contributed by atoms with Crippen LogP contribution >= 0.6 is 0 Å². The third-order valence-corrected chi connectivity index (χ3v) is 2.68. The molecule has 0 aliphatic carbocycles. The lowest BCUT2D eigenvalue weighted by Crippen LogP contribution is -2.14. The number of phenols is 1. The van der Waals surface area contributed by atoms with Gasteiger partial charge in [0.25, 0.3) is 5.69 Å². The Morgan fingerprint density at radius 1 is 1.20 bits per heavy atom. The van der Waals surface area contributed by atoms with Gasteiger partial charge in [0.05, 0.1) is 11.5 Å². The number of Topliss-reactive ketones (excluding diaryl/α,β-unsaturated/α-hetero) is 1. The molecule has 102 valence electrons. The van der Waals surface area contributed by atoms with Crippen molar-refractivity contribution in [1.82, 2.24) is 0 Å². The molecule has 0 unspecified atom stereocenters. The molecule has 0 aliphatic heterocycles. The van der Waals surface area contributed by atoms with Crippen molar-refractivity contribution >= 4 is 17.2 Å². The van der Waals surface area contributed by atoms with Crippen LogP contribution in [0.2, 0.25) is 0 Å². The van der Waals surface area contributed by atoms with E-state index in [2.05, 4.69) is 5.32 Å². The second kappa shape index (κ2) is 5.83. The first-order chi connectivity index (χ1) is 9.56. The Labute approximate surface area is 114 Å². The molecule has 0 saturated heterocycles. The highest BCUT2D eigenvalue weighted by Crippen LogP contribution is 2.16. The topological polar surface area (TPSA) is 92.5 Å². The lowest BCUT2D eigenvalue weighted by molar-refractivity contribution is -0.384. The number of carbonyl (C=O) groups is 1. The third-order valence-electron chi connectivity index (χ3n) is 2.68. The van der Waals surface area contributed by atoms with Crippen LogP contribution in [0.5, 0.6) is 5.75 Å². The zero-order valence-corrected chi connectivity index (χ0v) is 10.4. The zero-order valence-electron chi connectivity index (χ0n) is 10.4. The van der Waals surface area contributed by atoms with Gasteiger partial charge in [0.1, 0.15) is 5.75 Å². The molecule has 0 fully saturated rings. The summed E-state index contributed by atoms with van der Waals surface area (Å²) in [5.74, 6) is -0.171. The summed E-state index contributed by atoms with van der Waals surface area (Å²) in [6.07, 6.45) is 0. The van der Waals surface area contributed by atoms with Gasteiger partial charge >= 0.3 is 0 Å². The number of carbonyl (C=O) groups excluding carboxylic acids is 1. The first-order valence-electron chi connectivity index (χ1n) is 5.87. The lowest BCUT2D eigenvalue weighted by atomic mass is 10.1. The van der Waals surface area contributed by atoms with Crippen molar-refractivity contribution in [2.75, 3.05) is 11.9 Å². The largest absolute Gasteiger partial charge is 0.508 e. The second-order valence-electron chi connectivity index (χ2n) is 4.13. The normalized spacial score (nSPS) is 10.0. The molecular weight excluding hydrogens is 260 g/mol. The number of benzene rings is 2. The SMILES string of the molecule is O=C(CNc1cccc(O)c1)c1cccc([N+](=O)[O-])c1. The number of nitro groups is 1. The van der Waals surface area contributed by atoms with Gasteiger partial charge in [-0.2, -0.15) is 0 Å². The van der Waals surface area contributed by atoms with Crippen LogP contribution in [0.3, 0.4) is 0 Å². The highest BCUT2D eigenvalue weighted by molar-refractivity contribution is 5.99. The molecule has 0 spiro atoms. The Morgan fingerprint density at radius 2 is 1.95 bits per heavy atom. The first-order valence-corrected chi connectivity index (χ1v) is 5.87. The minimum Gasteiger partial charge on any atom is -0.508 e. The number of phenolic OH excluding ortho intramolecular Hbond substituents is 1. The van der Waals surface area contributed by atoms with Crippen LogP contribution in [0, 0.1) is 10.1 Å². The van der Waals surface area contributed by atoms with E-state index >= 15 is 0 Å². The smallest absolute Gasteiger partial charge is 0.270 e.